The molecule has 0 unspecified atom stereocenters. The third-order valence-electron chi connectivity index (χ3n) is 2.41. The van der Waals surface area contributed by atoms with E-state index in [9.17, 15) is 14.9 Å². The fraction of sp³-hybridized carbons (Fsp3) is 0. The zero-order valence-corrected chi connectivity index (χ0v) is 9.08. The molecule has 2 rings (SSSR count). The van der Waals surface area contributed by atoms with Gasteiger partial charge in [-0.15, -0.1) is 0 Å². The van der Waals surface area contributed by atoms with Crippen LogP contribution < -0.4 is 11.5 Å². The molecule has 0 aliphatic heterocycles. The number of nitrogens with two attached hydrogens (primary N) is 2. The van der Waals surface area contributed by atoms with Crippen LogP contribution in [0, 0.1) is 10.1 Å². The average molecular weight is 247 g/mol. The molecule has 2 aromatic rings. The maximum Gasteiger partial charge on any atom is 0.269 e. The number of nitro benzene ring substituents is 1. The predicted octanol–water partition coefficient (Wildman–Crippen LogP) is 0.666. The number of anilines is 1. The zero-order chi connectivity index (χ0) is 13.3. The summed E-state index contributed by atoms with van der Waals surface area (Å²) in [5.41, 5.74) is 11.6. The maximum atomic E-state index is 11.2. The summed E-state index contributed by atoms with van der Waals surface area (Å²) in [6.07, 6.45) is 0. The molecule has 0 bridgehead atoms. The third-order valence-corrected chi connectivity index (χ3v) is 2.41. The number of hydrogen-bond donors (Lipinski definition) is 3. The summed E-state index contributed by atoms with van der Waals surface area (Å²) in [6.45, 7) is 0. The first-order valence-electron chi connectivity index (χ1n) is 4.89. The fourth-order valence-electron chi connectivity index (χ4n) is 1.56. The van der Waals surface area contributed by atoms with Crippen molar-refractivity contribution in [2.75, 3.05) is 5.73 Å². The number of primary amides is 1. The van der Waals surface area contributed by atoms with Gasteiger partial charge < -0.3 is 11.5 Å². The van der Waals surface area contributed by atoms with Gasteiger partial charge in [-0.25, -0.2) is 0 Å². The number of aromatic amines is 1. The molecule has 1 aromatic carbocycles. The number of nitrogens with zero attached hydrogens (tertiary/aromatic N) is 2. The Morgan fingerprint density at radius 3 is 2.44 bits per heavy atom. The number of hydrogen-bond acceptors (Lipinski definition) is 5. The van der Waals surface area contributed by atoms with Crippen LogP contribution in [0.1, 0.15) is 10.4 Å². The van der Waals surface area contributed by atoms with Gasteiger partial charge in [-0.2, -0.15) is 5.10 Å². The van der Waals surface area contributed by atoms with Crippen LogP contribution in [0.25, 0.3) is 11.3 Å². The van der Waals surface area contributed by atoms with Gasteiger partial charge in [0, 0.05) is 17.7 Å². The summed E-state index contributed by atoms with van der Waals surface area (Å²) in [5, 5.41) is 16.8. The number of carbonyl (C=O) groups is 1. The van der Waals surface area contributed by atoms with Gasteiger partial charge in [0.15, 0.2) is 5.82 Å². The molecule has 0 aliphatic rings. The second-order valence-corrected chi connectivity index (χ2v) is 3.53. The summed E-state index contributed by atoms with van der Waals surface area (Å²) >= 11 is 0. The molecular formula is C10H9N5O3. The highest BCUT2D eigenvalue weighted by Crippen LogP contribution is 2.26. The largest absolute Gasteiger partial charge is 0.382 e. The average Bonchev–Trinajstić information content (AvgIpc) is 2.71. The summed E-state index contributed by atoms with van der Waals surface area (Å²) in [4.78, 5) is 21.2. The smallest absolute Gasteiger partial charge is 0.269 e. The molecule has 1 amide bonds. The first-order chi connectivity index (χ1) is 8.50. The number of aromatic nitrogens is 2. The first-order valence-corrected chi connectivity index (χ1v) is 4.89. The van der Waals surface area contributed by atoms with Crippen LogP contribution in [0.5, 0.6) is 0 Å². The van der Waals surface area contributed by atoms with Gasteiger partial charge in [0.05, 0.1) is 10.6 Å². The molecule has 8 heteroatoms. The Morgan fingerprint density at radius 1 is 1.33 bits per heavy atom. The number of nitro groups is 1. The third kappa shape index (κ3) is 1.86. The highest BCUT2D eigenvalue weighted by atomic mass is 16.6. The van der Waals surface area contributed by atoms with E-state index in [0.29, 0.717) is 11.3 Å². The standard InChI is InChI=1S/C10H9N5O3/c11-9-7(10(12)16)8(13-14-9)5-1-3-6(4-2-5)15(17)18/h1-4H,(H2,12,16)(H3,11,13,14). The summed E-state index contributed by atoms with van der Waals surface area (Å²) in [6, 6.07) is 5.60. The van der Waals surface area contributed by atoms with Gasteiger partial charge in [-0.05, 0) is 12.1 Å². The lowest BCUT2D eigenvalue weighted by molar-refractivity contribution is -0.384. The van der Waals surface area contributed by atoms with Crippen molar-refractivity contribution in [1.82, 2.24) is 10.2 Å². The van der Waals surface area contributed by atoms with Crippen LogP contribution >= 0.6 is 0 Å². The minimum absolute atomic E-state index is 0.00384. The van der Waals surface area contributed by atoms with Crippen molar-refractivity contribution in [2.24, 2.45) is 5.73 Å². The highest BCUT2D eigenvalue weighted by Gasteiger charge is 2.18. The fourth-order valence-corrected chi connectivity index (χ4v) is 1.56. The Labute approximate surface area is 101 Å². The van der Waals surface area contributed by atoms with Gasteiger partial charge in [-0.3, -0.25) is 20.0 Å². The van der Waals surface area contributed by atoms with Crippen LogP contribution in [0.4, 0.5) is 11.5 Å². The number of non-ortho nitro benzene ring substituents is 1. The topological polar surface area (TPSA) is 141 Å². The molecule has 18 heavy (non-hydrogen) atoms. The van der Waals surface area contributed by atoms with E-state index >= 15 is 0 Å². The predicted molar refractivity (Wildman–Crippen MR) is 63.6 cm³/mol. The van der Waals surface area contributed by atoms with E-state index in [1.165, 1.54) is 24.3 Å². The number of nitrogens with one attached hydrogen (secondary N) is 1. The molecule has 0 saturated heterocycles. The van der Waals surface area contributed by atoms with Gasteiger partial charge in [0.2, 0.25) is 0 Å². The Morgan fingerprint density at radius 2 is 1.94 bits per heavy atom. The van der Waals surface area contributed by atoms with Crippen LogP contribution in [0.3, 0.4) is 0 Å². The van der Waals surface area contributed by atoms with Crippen molar-refractivity contribution in [2.45, 2.75) is 0 Å². The summed E-state index contributed by atoms with van der Waals surface area (Å²) < 4.78 is 0. The highest BCUT2D eigenvalue weighted by molar-refractivity contribution is 6.03. The SMILES string of the molecule is NC(=O)c1c(N)n[nH]c1-c1ccc([N+](=O)[O-])cc1. The number of carbonyl (C=O) groups excluding carboxylic acids is 1. The normalized spacial score (nSPS) is 10.2. The van der Waals surface area contributed by atoms with E-state index < -0.39 is 10.8 Å². The van der Waals surface area contributed by atoms with E-state index in [4.69, 9.17) is 11.5 Å². The second kappa shape index (κ2) is 4.17. The van der Waals surface area contributed by atoms with E-state index in [-0.39, 0.29) is 17.1 Å². The van der Waals surface area contributed by atoms with Crippen molar-refractivity contribution < 1.29 is 9.72 Å². The van der Waals surface area contributed by atoms with Crippen molar-refractivity contribution >= 4 is 17.4 Å². The quantitative estimate of drug-likeness (QED) is 0.539. The van der Waals surface area contributed by atoms with Crippen LogP contribution in [-0.4, -0.2) is 21.0 Å². The number of nitrogen functional groups attached to an aromatic ring is 1. The Kier molecular flexibility index (Phi) is 2.68. The lowest BCUT2D eigenvalue weighted by Crippen LogP contribution is -2.13. The van der Waals surface area contributed by atoms with Crippen molar-refractivity contribution in [3.8, 4) is 11.3 Å². The molecule has 0 fully saturated rings. The monoisotopic (exact) mass is 247 g/mol. The number of amides is 1. The van der Waals surface area contributed by atoms with E-state index in [0.717, 1.165) is 0 Å². The molecule has 1 heterocycles. The number of H-pyrrole nitrogens is 1. The Hall–Kier alpha value is -2.90. The summed E-state index contributed by atoms with van der Waals surface area (Å²) in [7, 11) is 0. The van der Waals surface area contributed by atoms with E-state index in [1.807, 2.05) is 0 Å². The number of rotatable bonds is 3. The minimum Gasteiger partial charge on any atom is -0.382 e. The van der Waals surface area contributed by atoms with Gasteiger partial charge in [0.1, 0.15) is 5.56 Å². The molecule has 5 N–H and O–H groups in total. The molecular weight excluding hydrogens is 238 g/mol. The molecule has 0 spiro atoms. The summed E-state index contributed by atoms with van der Waals surface area (Å²) in [5.74, 6) is -0.717. The molecule has 0 saturated carbocycles. The second-order valence-electron chi connectivity index (χ2n) is 3.53. The van der Waals surface area contributed by atoms with Crippen LogP contribution in [-0.2, 0) is 0 Å². The lowest BCUT2D eigenvalue weighted by Gasteiger charge is -2.00. The molecule has 0 radical (unpaired) electrons. The molecule has 92 valence electrons. The van der Waals surface area contributed by atoms with Gasteiger partial charge in [-0.1, -0.05) is 0 Å². The van der Waals surface area contributed by atoms with E-state index in [1.54, 1.807) is 0 Å². The number of benzene rings is 1. The van der Waals surface area contributed by atoms with Gasteiger partial charge in [0.25, 0.3) is 11.6 Å². The zero-order valence-electron chi connectivity index (χ0n) is 9.08. The molecule has 0 atom stereocenters. The Bertz CT molecular complexity index is 617. The Balaban J connectivity index is 2.49. The van der Waals surface area contributed by atoms with Crippen LogP contribution in [0.15, 0.2) is 24.3 Å². The molecule has 0 aliphatic carbocycles. The first kappa shape index (κ1) is 11.6. The van der Waals surface area contributed by atoms with Crippen molar-refractivity contribution in [3.63, 3.8) is 0 Å². The molecule has 1 aromatic heterocycles. The minimum atomic E-state index is -0.713. The molecule has 8 nitrogen and oxygen atoms in total. The van der Waals surface area contributed by atoms with E-state index in [2.05, 4.69) is 10.2 Å². The lowest BCUT2D eigenvalue weighted by atomic mass is 10.1. The van der Waals surface area contributed by atoms with Gasteiger partial charge >= 0.3 is 0 Å². The van der Waals surface area contributed by atoms with Crippen molar-refractivity contribution in [1.29, 1.82) is 0 Å². The van der Waals surface area contributed by atoms with Crippen LogP contribution in [0.2, 0.25) is 0 Å². The maximum absolute atomic E-state index is 11.2. The van der Waals surface area contributed by atoms with Crippen molar-refractivity contribution in [3.05, 3.63) is 39.9 Å².